The average molecular weight is 348 g/mol. The van der Waals surface area contributed by atoms with Crippen molar-refractivity contribution in [3.8, 4) is 5.75 Å². The summed E-state index contributed by atoms with van der Waals surface area (Å²) in [5.74, 6) is 0.375. The molecule has 1 aliphatic heterocycles. The van der Waals surface area contributed by atoms with Crippen LogP contribution in [0.15, 0.2) is 12.1 Å². The zero-order valence-corrected chi connectivity index (χ0v) is 15.5. The fourth-order valence-electron chi connectivity index (χ4n) is 4.68. The summed E-state index contributed by atoms with van der Waals surface area (Å²) in [4.78, 5) is 13.3. The molecule has 0 radical (unpaired) electrons. The van der Waals surface area contributed by atoms with Gasteiger partial charge in [-0.2, -0.15) is 0 Å². The summed E-state index contributed by atoms with van der Waals surface area (Å²) in [7, 11) is 3.54. The van der Waals surface area contributed by atoms with Crippen molar-refractivity contribution in [3.63, 3.8) is 0 Å². The predicted molar refractivity (Wildman–Crippen MR) is 95.9 cm³/mol. The summed E-state index contributed by atoms with van der Waals surface area (Å²) in [5.41, 5.74) is 0.251. The molecule has 1 unspecified atom stereocenters. The maximum atomic E-state index is 12.0. The van der Waals surface area contributed by atoms with Crippen LogP contribution in [0.3, 0.4) is 0 Å². The number of aliphatic hydroxyl groups is 1. The molecule has 1 N–H and O–H groups in total. The molecule has 1 heterocycles. The number of likely N-dealkylation sites (tertiary alicyclic amines) is 1. The zero-order chi connectivity index (χ0) is 18.4. The quantitative estimate of drug-likeness (QED) is 0.671. The van der Waals surface area contributed by atoms with E-state index in [0.717, 1.165) is 49.9 Å². The van der Waals surface area contributed by atoms with Crippen LogP contribution in [0.25, 0.3) is 0 Å². The number of fused-ring (bicyclic) bond motifs is 1. The normalized spacial score (nSPS) is 26.9. The van der Waals surface area contributed by atoms with Gasteiger partial charge < -0.3 is 14.7 Å². The van der Waals surface area contributed by atoms with Crippen LogP contribution in [0, 0.1) is 21.4 Å². The molecule has 0 spiro atoms. The van der Waals surface area contributed by atoms with Gasteiger partial charge in [-0.3, -0.25) is 10.1 Å². The van der Waals surface area contributed by atoms with Crippen LogP contribution in [0.4, 0.5) is 5.69 Å². The van der Waals surface area contributed by atoms with Crippen LogP contribution < -0.4 is 4.74 Å². The Morgan fingerprint density at radius 1 is 1.32 bits per heavy atom. The lowest BCUT2D eigenvalue weighted by atomic mass is 9.56. The molecule has 1 fully saturated rings. The van der Waals surface area contributed by atoms with Crippen molar-refractivity contribution in [2.75, 3.05) is 27.2 Å². The second-order valence-electron chi connectivity index (χ2n) is 8.17. The molecule has 1 atom stereocenters. The Labute approximate surface area is 148 Å². The highest BCUT2D eigenvalue weighted by atomic mass is 16.6. The lowest BCUT2D eigenvalue weighted by Gasteiger charge is -2.53. The fraction of sp³-hybridized carbons (Fsp3) is 0.684. The standard InChI is InChI=1S/C19H28N2O4/c1-18(2)8-5-13-11-17(25-4)16(21(23)24)12-15(13)19(18,22)14-6-9-20(3)10-7-14/h11-12,14,22H,5-10H2,1-4H3. The molecule has 0 bridgehead atoms. The van der Waals surface area contributed by atoms with E-state index in [0.29, 0.717) is 0 Å². The third-order valence-electron chi connectivity index (χ3n) is 6.37. The number of piperidine rings is 1. The number of methoxy groups -OCH3 is 1. The summed E-state index contributed by atoms with van der Waals surface area (Å²) >= 11 is 0. The Morgan fingerprint density at radius 2 is 1.96 bits per heavy atom. The number of hydrogen-bond donors (Lipinski definition) is 1. The lowest BCUT2D eigenvalue weighted by molar-refractivity contribution is -0.386. The topological polar surface area (TPSA) is 75.8 Å². The minimum atomic E-state index is -1.06. The molecular weight excluding hydrogens is 320 g/mol. The smallest absolute Gasteiger partial charge is 0.311 e. The van der Waals surface area contributed by atoms with E-state index in [4.69, 9.17) is 4.74 Å². The Morgan fingerprint density at radius 3 is 2.52 bits per heavy atom. The number of hydrogen-bond acceptors (Lipinski definition) is 5. The van der Waals surface area contributed by atoms with Gasteiger partial charge in [0.05, 0.1) is 17.6 Å². The molecule has 3 rings (SSSR count). The van der Waals surface area contributed by atoms with E-state index in [1.807, 2.05) is 0 Å². The van der Waals surface area contributed by atoms with Gasteiger partial charge in [-0.15, -0.1) is 0 Å². The molecule has 6 heteroatoms. The van der Waals surface area contributed by atoms with Crippen LogP contribution in [0.1, 0.15) is 44.2 Å². The van der Waals surface area contributed by atoms with E-state index >= 15 is 0 Å². The molecule has 0 aromatic heterocycles. The first-order valence-corrected chi connectivity index (χ1v) is 8.97. The second-order valence-corrected chi connectivity index (χ2v) is 8.17. The van der Waals surface area contributed by atoms with Crippen molar-refractivity contribution in [2.45, 2.75) is 45.1 Å². The van der Waals surface area contributed by atoms with Crippen LogP contribution in [0.5, 0.6) is 5.75 Å². The van der Waals surface area contributed by atoms with E-state index in [-0.39, 0.29) is 22.8 Å². The first-order valence-electron chi connectivity index (χ1n) is 8.97. The maximum Gasteiger partial charge on any atom is 0.311 e. The highest BCUT2D eigenvalue weighted by molar-refractivity contribution is 5.55. The van der Waals surface area contributed by atoms with E-state index in [1.165, 1.54) is 7.11 Å². The van der Waals surface area contributed by atoms with Gasteiger partial charge in [0.25, 0.3) is 0 Å². The van der Waals surface area contributed by atoms with Crippen LogP contribution in [-0.2, 0) is 12.0 Å². The highest BCUT2D eigenvalue weighted by Gasteiger charge is 2.54. The third kappa shape index (κ3) is 2.81. The Bertz CT molecular complexity index is 680. The molecule has 1 aliphatic carbocycles. The molecule has 1 saturated heterocycles. The molecule has 2 aliphatic rings. The van der Waals surface area contributed by atoms with Crippen LogP contribution in [-0.4, -0.2) is 42.2 Å². The minimum Gasteiger partial charge on any atom is -0.490 e. The average Bonchev–Trinajstić information content (AvgIpc) is 2.58. The molecule has 1 aromatic rings. The number of rotatable bonds is 3. The summed E-state index contributed by atoms with van der Waals surface area (Å²) in [6.45, 7) is 6.06. The molecule has 25 heavy (non-hydrogen) atoms. The highest BCUT2D eigenvalue weighted by Crippen LogP contribution is 2.56. The van der Waals surface area contributed by atoms with Gasteiger partial charge in [0, 0.05) is 6.07 Å². The van der Waals surface area contributed by atoms with Gasteiger partial charge >= 0.3 is 5.69 Å². The van der Waals surface area contributed by atoms with Crippen molar-refractivity contribution < 1.29 is 14.8 Å². The summed E-state index contributed by atoms with van der Waals surface area (Å²) in [5, 5.41) is 23.4. The van der Waals surface area contributed by atoms with Crippen molar-refractivity contribution in [3.05, 3.63) is 33.4 Å². The minimum absolute atomic E-state index is 0.0645. The van der Waals surface area contributed by atoms with E-state index in [2.05, 4.69) is 25.8 Å². The van der Waals surface area contributed by atoms with Crippen molar-refractivity contribution in [2.24, 2.45) is 11.3 Å². The largest absolute Gasteiger partial charge is 0.490 e. The number of aryl methyl sites for hydroxylation is 1. The molecule has 6 nitrogen and oxygen atoms in total. The summed E-state index contributed by atoms with van der Waals surface area (Å²) in [6, 6.07) is 3.32. The van der Waals surface area contributed by atoms with Gasteiger partial charge in [0.15, 0.2) is 5.75 Å². The van der Waals surface area contributed by atoms with Gasteiger partial charge in [-0.05, 0) is 74.3 Å². The fourth-order valence-corrected chi connectivity index (χ4v) is 4.68. The Kier molecular flexibility index (Phi) is 4.54. The Hall–Kier alpha value is -1.66. The first kappa shape index (κ1) is 18.1. The van der Waals surface area contributed by atoms with Gasteiger partial charge in [0.2, 0.25) is 0 Å². The van der Waals surface area contributed by atoms with E-state index in [1.54, 1.807) is 12.1 Å². The number of ether oxygens (including phenoxy) is 1. The number of nitro benzene ring substituents is 1. The molecule has 0 saturated carbocycles. The number of nitrogens with zero attached hydrogens (tertiary/aromatic N) is 2. The SMILES string of the molecule is COc1cc2c(cc1[N+](=O)[O-])C(O)(C1CCN(C)CC1)C(C)(C)CC2. The Balaban J connectivity index is 2.15. The van der Waals surface area contributed by atoms with Crippen LogP contribution in [0.2, 0.25) is 0 Å². The van der Waals surface area contributed by atoms with Gasteiger partial charge in [-0.1, -0.05) is 13.8 Å². The first-order chi connectivity index (χ1) is 11.7. The van der Waals surface area contributed by atoms with Crippen LogP contribution >= 0.6 is 0 Å². The molecule has 0 amide bonds. The number of benzene rings is 1. The summed E-state index contributed by atoms with van der Waals surface area (Å²) < 4.78 is 5.22. The molecular formula is C19H28N2O4. The summed E-state index contributed by atoms with van der Waals surface area (Å²) in [6.07, 6.45) is 3.45. The van der Waals surface area contributed by atoms with Crippen molar-refractivity contribution >= 4 is 5.69 Å². The van der Waals surface area contributed by atoms with Crippen molar-refractivity contribution in [1.29, 1.82) is 0 Å². The molecule has 138 valence electrons. The predicted octanol–water partition coefficient (Wildman–Crippen LogP) is 3.11. The van der Waals surface area contributed by atoms with E-state index in [9.17, 15) is 15.2 Å². The van der Waals surface area contributed by atoms with E-state index < -0.39 is 10.5 Å². The monoisotopic (exact) mass is 348 g/mol. The molecule has 1 aromatic carbocycles. The van der Waals surface area contributed by atoms with Gasteiger partial charge in [0.1, 0.15) is 0 Å². The second kappa shape index (κ2) is 6.25. The third-order valence-corrected chi connectivity index (χ3v) is 6.37. The lowest BCUT2D eigenvalue weighted by Crippen LogP contribution is -2.53. The maximum absolute atomic E-state index is 12.0. The number of nitro groups is 1. The zero-order valence-electron chi connectivity index (χ0n) is 15.5. The van der Waals surface area contributed by atoms with Gasteiger partial charge in [-0.25, -0.2) is 0 Å². The van der Waals surface area contributed by atoms with Crippen molar-refractivity contribution in [1.82, 2.24) is 4.90 Å².